The molecule has 0 aromatic carbocycles. The van der Waals surface area contributed by atoms with Crippen LogP contribution in [0.15, 0.2) is 0 Å². The lowest BCUT2D eigenvalue weighted by atomic mass is 9.56. The third-order valence-corrected chi connectivity index (χ3v) is 4.45. The molecule has 1 heteroatoms. The Bertz CT molecular complexity index is 242. The van der Waals surface area contributed by atoms with Crippen molar-refractivity contribution in [2.24, 2.45) is 23.2 Å². The summed E-state index contributed by atoms with van der Waals surface area (Å²) in [6.07, 6.45) is 6.17. The molecule has 0 aromatic heterocycles. The maximum absolute atomic E-state index is 12.0. The Hall–Kier alpha value is -0.330. The van der Waals surface area contributed by atoms with Crippen LogP contribution in [0.1, 0.15) is 52.9 Å². The molecule has 0 saturated heterocycles. The van der Waals surface area contributed by atoms with Gasteiger partial charge in [-0.1, -0.05) is 33.6 Å². The van der Waals surface area contributed by atoms with Crippen molar-refractivity contribution in [1.29, 1.82) is 0 Å². The maximum Gasteiger partial charge on any atom is 0.139 e. The fourth-order valence-corrected chi connectivity index (χ4v) is 3.81. The second-order valence-electron chi connectivity index (χ2n) is 5.99. The fraction of sp³-hybridized carbons (Fsp3) is 0.923. The summed E-state index contributed by atoms with van der Waals surface area (Å²) in [5.41, 5.74) is 0.401. The molecule has 0 aliphatic heterocycles. The van der Waals surface area contributed by atoms with Crippen molar-refractivity contribution in [2.45, 2.75) is 52.9 Å². The van der Waals surface area contributed by atoms with Gasteiger partial charge >= 0.3 is 0 Å². The van der Waals surface area contributed by atoms with Crippen molar-refractivity contribution in [3.63, 3.8) is 0 Å². The number of carbonyl (C=O) groups excluding carboxylic acids is 1. The van der Waals surface area contributed by atoms with Gasteiger partial charge in [0.15, 0.2) is 0 Å². The van der Waals surface area contributed by atoms with Gasteiger partial charge in [0.2, 0.25) is 0 Å². The van der Waals surface area contributed by atoms with Crippen molar-refractivity contribution in [1.82, 2.24) is 0 Å². The first-order valence-corrected chi connectivity index (χ1v) is 6.06. The summed E-state index contributed by atoms with van der Waals surface area (Å²) in [6.45, 7) is 6.84. The molecule has 0 amide bonds. The first-order chi connectivity index (χ1) is 6.52. The van der Waals surface area contributed by atoms with Crippen molar-refractivity contribution < 1.29 is 4.79 Å². The predicted octanol–water partition coefficient (Wildman–Crippen LogP) is 3.43. The van der Waals surface area contributed by atoms with Gasteiger partial charge in [-0.2, -0.15) is 0 Å². The Balaban J connectivity index is 2.24. The summed E-state index contributed by atoms with van der Waals surface area (Å²) in [5, 5.41) is 0. The fourth-order valence-electron chi connectivity index (χ4n) is 3.81. The largest absolute Gasteiger partial charge is 0.299 e. The van der Waals surface area contributed by atoms with Crippen LogP contribution in [0.5, 0.6) is 0 Å². The highest BCUT2D eigenvalue weighted by molar-refractivity contribution is 5.84. The number of Topliss-reactive ketones (excluding diaryl/α,β-unsaturated/α-hetero) is 1. The van der Waals surface area contributed by atoms with Crippen LogP contribution in [0.25, 0.3) is 0 Å². The predicted molar refractivity (Wildman–Crippen MR) is 58.0 cm³/mol. The number of carbonyl (C=O) groups is 1. The zero-order valence-electron chi connectivity index (χ0n) is 9.68. The molecular weight excluding hydrogens is 172 g/mol. The van der Waals surface area contributed by atoms with Crippen LogP contribution < -0.4 is 0 Å². The molecule has 2 fully saturated rings. The molecule has 3 atom stereocenters. The molecule has 0 bridgehead atoms. The van der Waals surface area contributed by atoms with Crippen molar-refractivity contribution >= 4 is 5.78 Å². The van der Waals surface area contributed by atoms with Gasteiger partial charge in [0.05, 0.1) is 0 Å². The average molecular weight is 194 g/mol. The van der Waals surface area contributed by atoms with Crippen LogP contribution in [-0.4, -0.2) is 5.78 Å². The SMILES string of the molecule is CC1CC(C)(C)C2CCCCC2C1=O. The first kappa shape index (κ1) is 10.2. The lowest BCUT2D eigenvalue weighted by Gasteiger charge is -2.48. The van der Waals surface area contributed by atoms with Crippen molar-refractivity contribution in [3.05, 3.63) is 0 Å². The highest BCUT2D eigenvalue weighted by Crippen LogP contribution is 2.50. The van der Waals surface area contributed by atoms with Crippen LogP contribution in [0.2, 0.25) is 0 Å². The quantitative estimate of drug-likeness (QED) is 0.577. The summed E-state index contributed by atoms with van der Waals surface area (Å²) in [6, 6.07) is 0. The maximum atomic E-state index is 12.0. The van der Waals surface area contributed by atoms with E-state index >= 15 is 0 Å². The van der Waals surface area contributed by atoms with E-state index in [0.717, 1.165) is 12.8 Å². The van der Waals surface area contributed by atoms with E-state index in [2.05, 4.69) is 20.8 Å². The molecule has 2 saturated carbocycles. The Labute approximate surface area is 87.3 Å². The van der Waals surface area contributed by atoms with E-state index in [0.29, 0.717) is 29.0 Å². The van der Waals surface area contributed by atoms with Gasteiger partial charge in [0.25, 0.3) is 0 Å². The van der Waals surface area contributed by atoms with E-state index in [9.17, 15) is 4.79 Å². The van der Waals surface area contributed by atoms with Gasteiger partial charge in [0.1, 0.15) is 5.78 Å². The molecule has 0 heterocycles. The summed E-state index contributed by atoms with van der Waals surface area (Å²) in [4.78, 5) is 12.0. The van der Waals surface area contributed by atoms with E-state index < -0.39 is 0 Å². The van der Waals surface area contributed by atoms with Crippen molar-refractivity contribution in [2.75, 3.05) is 0 Å². The molecule has 3 unspecified atom stereocenters. The van der Waals surface area contributed by atoms with Gasteiger partial charge in [0, 0.05) is 11.8 Å². The van der Waals surface area contributed by atoms with Crippen LogP contribution in [0.3, 0.4) is 0 Å². The first-order valence-electron chi connectivity index (χ1n) is 6.06. The Morgan fingerprint density at radius 1 is 1.21 bits per heavy atom. The molecule has 0 spiro atoms. The highest BCUT2D eigenvalue weighted by atomic mass is 16.1. The minimum absolute atomic E-state index is 0.310. The standard InChI is InChI=1S/C13H22O/c1-9-8-13(2,3)11-7-5-4-6-10(11)12(9)14/h9-11H,4-8H2,1-3H3. The topological polar surface area (TPSA) is 17.1 Å². The lowest BCUT2D eigenvalue weighted by Crippen LogP contribution is -2.45. The van der Waals surface area contributed by atoms with E-state index in [1.54, 1.807) is 0 Å². The second-order valence-corrected chi connectivity index (χ2v) is 5.99. The summed E-state index contributed by atoms with van der Waals surface area (Å²) < 4.78 is 0. The number of ketones is 1. The molecule has 1 nitrogen and oxygen atoms in total. The molecule has 80 valence electrons. The van der Waals surface area contributed by atoms with E-state index in [1.807, 2.05) is 0 Å². The molecule has 2 rings (SSSR count). The van der Waals surface area contributed by atoms with Crippen LogP contribution in [0.4, 0.5) is 0 Å². The summed E-state index contributed by atoms with van der Waals surface area (Å²) in [5.74, 6) is 1.96. The Morgan fingerprint density at radius 2 is 1.86 bits per heavy atom. The lowest BCUT2D eigenvalue weighted by molar-refractivity contribution is -0.138. The van der Waals surface area contributed by atoms with Crippen LogP contribution >= 0.6 is 0 Å². The molecule has 0 radical (unpaired) electrons. The smallest absolute Gasteiger partial charge is 0.139 e. The minimum atomic E-state index is 0.310. The number of hydrogen-bond acceptors (Lipinski definition) is 1. The summed E-state index contributed by atoms with van der Waals surface area (Å²) >= 11 is 0. The minimum Gasteiger partial charge on any atom is -0.299 e. The second kappa shape index (κ2) is 3.36. The molecule has 2 aliphatic carbocycles. The number of fused-ring (bicyclic) bond motifs is 1. The normalized spacial score (nSPS) is 41.9. The third kappa shape index (κ3) is 1.51. The molecule has 0 N–H and O–H groups in total. The Kier molecular flexibility index (Phi) is 2.45. The highest BCUT2D eigenvalue weighted by Gasteiger charge is 2.46. The van der Waals surface area contributed by atoms with E-state index in [-0.39, 0.29) is 0 Å². The number of rotatable bonds is 0. The van der Waals surface area contributed by atoms with Crippen LogP contribution in [-0.2, 0) is 4.79 Å². The monoisotopic (exact) mass is 194 g/mol. The average Bonchev–Trinajstić information content (AvgIpc) is 2.14. The van der Waals surface area contributed by atoms with Crippen LogP contribution in [0, 0.1) is 23.2 Å². The molecule has 0 aromatic rings. The van der Waals surface area contributed by atoms with Gasteiger partial charge in [-0.15, -0.1) is 0 Å². The van der Waals surface area contributed by atoms with Gasteiger partial charge in [-0.25, -0.2) is 0 Å². The van der Waals surface area contributed by atoms with Gasteiger partial charge < -0.3 is 0 Å². The third-order valence-electron chi connectivity index (χ3n) is 4.45. The molecular formula is C13H22O. The van der Waals surface area contributed by atoms with E-state index in [4.69, 9.17) is 0 Å². The number of hydrogen-bond donors (Lipinski definition) is 0. The molecule has 2 aliphatic rings. The zero-order valence-corrected chi connectivity index (χ0v) is 9.68. The zero-order chi connectivity index (χ0) is 10.3. The van der Waals surface area contributed by atoms with Gasteiger partial charge in [-0.3, -0.25) is 4.79 Å². The summed E-state index contributed by atoms with van der Waals surface area (Å²) in [7, 11) is 0. The Morgan fingerprint density at radius 3 is 2.57 bits per heavy atom. The van der Waals surface area contributed by atoms with Crippen molar-refractivity contribution in [3.8, 4) is 0 Å². The van der Waals surface area contributed by atoms with Gasteiger partial charge in [-0.05, 0) is 30.6 Å². The van der Waals surface area contributed by atoms with E-state index in [1.165, 1.54) is 19.3 Å². The molecule has 14 heavy (non-hydrogen) atoms.